The van der Waals surface area contributed by atoms with Crippen LogP contribution in [0.15, 0.2) is 36.4 Å². The van der Waals surface area contributed by atoms with Crippen LogP contribution in [0.5, 0.6) is 0 Å². The van der Waals surface area contributed by atoms with Gasteiger partial charge in [0.1, 0.15) is 11.9 Å². The molecule has 0 saturated carbocycles. The number of carbonyl (C=O) groups excluding carboxylic acids is 1. The molecule has 1 amide bonds. The van der Waals surface area contributed by atoms with E-state index in [1.165, 1.54) is 6.07 Å². The van der Waals surface area contributed by atoms with Crippen molar-refractivity contribution in [3.05, 3.63) is 63.9 Å². The second-order valence-electron chi connectivity index (χ2n) is 5.00. The van der Waals surface area contributed by atoms with Crippen LogP contribution >= 0.6 is 11.6 Å². The van der Waals surface area contributed by atoms with Gasteiger partial charge in [0.05, 0.1) is 0 Å². The lowest BCUT2D eigenvalue weighted by atomic mass is 9.95. The van der Waals surface area contributed by atoms with E-state index >= 15 is 0 Å². The molecule has 21 heavy (non-hydrogen) atoms. The van der Waals surface area contributed by atoms with E-state index in [0.717, 1.165) is 5.56 Å². The number of anilines is 1. The Balaban J connectivity index is 2.03. The van der Waals surface area contributed by atoms with Gasteiger partial charge in [-0.25, -0.2) is 4.39 Å². The minimum atomic E-state index is -1.14. The summed E-state index contributed by atoms with van der Waals surface area (Å²) in [5.41, 5.74) is 1.91. The Bertz CT molecular complexity index is 717. The van der Waals surface area contributed by atoms with Gasteiger partial charge in [0.15, 0.2) is 0 Å². The van der Waals surface area contributed by atoms with Crippen molar-refractivity contribution in [1.29, 1.82) is 0 Å². The molecule has 3 rings (SSSR count). The zero-order chi connectivity index (χ0) is 15.0. The van der Waals surface area contributed by atoms with E-state index in [0.29, 0.717) is 29.1 Å². The number of hydrogen-bond donors (Lipinski definition) is 2. The summed E-state index contributed by atoms with van der Waals surface area (Å²) in [5.74, 6) is -0.690. The van der Waals surface area contributed by atoms with Crippen molar-refractivity contribution in [2.75, 3.05) is 5.32 Å². The largest absolute Gasteiger partial charge is 0.383 e. The fourth-order valence-electron chi connectivity index (χ4n) is 2.50. The van der Waals surface area contributed by atoms with Crippen LogP contribution in [-0.2, 0) is 11.2 Å². The lowest BCUT2D eigenvalue weighted by Crippen LogP contribution is -2.20. The maximum absolute atomic E-state index is 14.2. The molecule has 0 aliphatic carbocycles. The van der Waals surface area contributed by atoms with E-state index < -0.39 is 11.9 Å². The number of hydrogen-bond acceptors (Lipinski definition) is 2. The Morgan fingerprint density at radius 3 is 2.71 bits per heavy atom. The summed E-state index contributed by atoms with van der Waals surface area (Å²) in [5, 5.41) is 13.4. The Morgan fingerprint density at radius 2 is 1.95 bits per heavy atom. The number of nitrogens with one attached hydrogen (secondary N) is 1. The monoisotopic (exact) mass is 305 g/mol. The fourth-order valence-corrected chi connectivity index (χ4v) is 2.73. The summed E-state index contributed by atoms with van der Waals surface area (Å²) in [7, 11) is 0. The van der Waals surface area contributed by atoms with E-state index in [1.54, 1.807) is 30.3 Å². The molecule has 0 spiro atoms. The first-order valence-electron chi connectivity index (χ1n) is 6.61. The first-order chi connectivity index (χ1) is 10.1. The highest BCUT2D eigenvalue weighted by Gasteiger charge is 2.22. The SMILES string of the molecule is O=C1CCc2cc(C(O)c3ccccc3Cl)c(F)cc2N1. The van der Waals surface area contributed by atoms with E-state index in [-0.39, 0.29) is 11.5 Å². The predicted molar refractivity (Wildman–Crippen MR) is 78.9 cm³/mol. The molecule has 2 aromatic carbocycles. The molecule has 1 aliphatic heterocycles. The third-order valence-corrected chi connectivity index (χ3v) is 3.96. The predicted octanol–water partition coefficient (Wildman–Crippen LogP) is 3.45. The van der Waals surface area contributed by atoms with Crippen LogP contribution in [0.1, 0.15) is 29.2 Å². The van der Waals surface area contributed by atoms with Crippen LogP contribution < -0.4 is 5.32 Å². The summed E-state index contributed by atoms with van der Waals surface area (Å²) in [4.78, 5) is 11.3. The van der Waals surface area contributed by atoms with Crippen LogP contribution in [0.3, 0.4) is 0 Å². The molecule has 0 fully saturated rings. The lowest BCUT2D eigenvalue weighted by molar-refractivity contribution is -0.116. The molecule has 1 heterocycles. The normalized spacial score (nSPS) is 15.3. The van der Waals surface area contributed by atoms with Gasteiger partial charge in [0.25, 0.3) is 0 Å². The van der Waals surface area contributed by atoms with Gasteiger partial charge in [-0.2, -0.15) is 0 Å². The minimum Gasteiger partial charge on any atom is -0.383 e. The van der Waals surface area contributed by atoms with Crippen molar-refractivity contribution in [3.63, 3.8) is 0 Å². The zero-order valence-corrected chi connectivity index (χ0v) is 11.8. The topological polar surface area (TPSA) is 49.3 Å². The van der Waals surface area contributed by atoms with Gasteiger partial charge in [-0.05, 0) is 30.2 Å². The molecule has 1 aliphatic rings. The van der Waals surface area contributed by atoms with Crippen LogP contribution in [-0.4, -0.2) is 11.0 Å². The van der Waals surface area contributed by atoms with Gasteiger partial charge in [0.2, 0.25) is 5.91 Å². The number of carbonyl (C=O) groups is 1. The number of rotatable bonds is 2. The Morgan fingerprint density at radius 1 is 1.19 bits per heavy atom. The average Bonchev–Trinajstić information content (AvgIpc) is 2.46. The highest BCUT2D eigenvalue weighted by molar-refractivity contribution is 6.31. The summed E-state index contributed by atoms with van der Waals surface area (Å²) < 4.78 is 14.2. The number of aryl methyl sites for hydroxylation is 1. The second kappa shape index (κ2) is 5.47. The number of aliphatic hydroxyl groups excluding tert-OH is 1. The van der Waals surface area contributed by atoms with Crippen LogP contribution in [0, 0.1) is 5.82 Å². The third-order valence-electron chi connectivity index (χ3n) is 3.61. The van der Waals surface area contributed by atoms with Crippen molar-refractivity contribution in [2.24, 2.45) is 0 Å². The van der Waals surface area contributed by atoms with Crippen LogP contribution in [0.4, 0.5) is 10.1 Å². The molecule has 2 aromatic rings. The Hall–Kier alpha value is -1.91. The van der Waals surface area contributed by atoms with Gasteiger partial charge >= 0.3 is 0 Å². The molecule has 0 saturated heterocycles. The molecule has 2 N–H and O–H groups in total. The standard InChI is InChI=1S/C16H13ClFNO2/c17-12-4-2-1-3-10(12)16(21)11-7-9-5-6-15(20)19-14(9)8-13(11)18/h1-4,7-8,16,21H,5-6H2,(H,19,20). The highest BCUT2D eigenvalue weighted by atomic mass is 35.5. The maximum atomic E-state index is 14.2. The van der Waals surface area contributed by atoms with E-state index in [4.69, 9.17) is 11.6 Å². The third kappa shape index (κ3) is 2.64. The van der Waals surface area contributed by atoms with Crippen LogP contribution in [0.25, 0.3) is 0 Å². The molecule has 5 heteroatoms. The molecule has 0 bridgehead atoms. The van der Waals surface area contributed by atoms with Gasteiger partial charge in [-0.15, -0.1) is 0 Å². The van der Waals surface area contributed by atoms with Crippen LogP contribution in [0.2, 0.25) is 5.02 Å². The van der Waals surface area contributed by atoms with Gasteiger partial charge in [-0.3, -0.25) is 4.79 Å². The molecule has 3 nitrogen and oxygen atoms in total. The average molecular weight is 306 g/mol. The van der Waals surface area contributed by atoms with E-state index in [1.807, 2.05) is 0 Å². The molecule has 0 aromatic heterocycles. The molecular weight excluding hydrogens is 293 g/mol. The summed E-state index contributed by atoms with van der Waals surface area (Å²) >= 11 is 6.04. The maximum Gasteiger partial charge on any atom is 0.224 e. The number of benzene rings is 2. The highest BCUT2D eigenvalue weighted by Crippen LogP contribution is 2.33. The van der Waals surface area contributed by atoms with Crippen molar-refractivity contribution in [2.45, 2.75) is 18.9 Å². The smallest absolute Gasteiger partial charge is 0.224 e. The molecule has 1 atom stereocenters. The molecule has 1 unspecified atom stereocenters. The quantitative estimate of drug-likeness (QED) is 0.893. The number of aliphatic hydroxyl groups is 1. The first-order valence-corrected chi connectivity index (χ1v) is 6.98. The van der Waals surface area contributed by atoms with Gasteiger partial charge in [-0.1, -0.05) is 29.8 Å². The summed E-state index contributed by atoms with van der Waals surface area (Å²) in [6, 6.07) is 9.64. The van der Waals surface area contributed by atoms with Crippen molar-refractivity contribution < 1.29 is 14.3 Å². The first kappa shape index (κ1) is 14.0. The minimum absolute atomic E-state index is 0.124. The number of amides is 1. The van der Waals surface area contributed by atoms with Crippen molar-refractivity contribution in [3.8, 4) is 0 Å². The fraction of sp³-hybridized carbons (Fsp3) is 0.188. The number of fused-ring (bicyclic) bond motifs is 1. The second-order valence-corrected chi connectivity index (χ2v) is 5.41. The molecular formula is C16H13ClFNO2. The summed E-state index contributed by atoms with van der Waals surface area (Å²) in [6.45, 7) is 0. The van der Waals surface area contributed by atoms with Gasteiger partial charge < -0.3 is 10.4 Å². The van der Waals surface area contributed by atoms with E-state index in [2.05, 4.69) is 5.32 Å². The molecule has 108 valence electrons. The lowest BCUT2D eigenvalue weighted by Gasteiger charge is -2.20. The van der Waals surface area contributed by atoms with Crippen molar-refractivity contribution >= 4 is 23.2 Å². The van der Waals surface area contributed by atoms with Crippen molar-refractivity contribution in [1.82, 2.24) is 0 Å². The Labute approximate surface area is 126 Å². The molecule has 0 radical (unpaired) electrons. The zero-order valence-electron chi connectivity index (χ0n) is 11.1. The van der Waals surface area contributed by atoms with E-state index in [9.17, 15) is 14.3 Å². The number of halogens is 2. The Kier molecular flexibility index (Phi) is 3.66. The summed E-state index contributed by atoms with van der Waals surface area (Å²) in [6.07, 6.45) is -0.245. The van der Waals surface area contributed by atoms with Gasteiger partial charge in [0, 0.05) is 28.3 Å².